The number of amidine groups is 2. The van der Waals surface area contributed by atoms with Crippen molar-refractivity contribution in [3.8, 4) is 0 Å². The molecule has 0 aromatic heterocycles. The van der Waals surface area contributed by atoms with Crippen LogP contribution in [0, 0.1) is 11.8 Å². The number of nitrogens with two attached hydrogens (primary N) is 2. The van der Waals surface area contributed by atoms with Crippen LogP contribution in [0.25, 0.3) is 0 Å². The van der Waals surface area contributed by atoms with Crippen LogP contribution in [0.3, 0.4) is 0 Å². The van der Waals surface area contributed by atoms with Crippen molar-refractivity contribution in [1.82, 2.24) is 0 Å². The van der Waals surface area contributed by atoms with Crippen molar-refractivity contribution in [3.05, 3.63) is 59.7 Å². The largest absolute Gasteiger partial charge is 0.463 e. The summed E-state index contributed by atoms with van der Waals surface area (Å²) in [4.78, 5) is 31.9. The van der Waals surface area contributed by atoms with Gasteiger partial charge in [-0.25, -0.2) is 9.98 Å². The Morgan fingerprint density at radius 3 is 1.41 bits per heavy atom. The number of anilines is 2. The van der Waals surface area contributed by atoms with Gasteiger partial charge in [-0.1, -0.05) is 30.7 Å². The van der Waals surface area contributed by atoms with Gasteiger partial charge < -0.3 is 31.6 Å². The molecule has 2 fully saturated rings. The molecule has 4 aliphatic rings. The normalized spacial score (nSPS) is 21.3. The van der Waals surface area contributed by atoms with Gasteiger partial charge in [0.1, 0.15) is 13.2 Å². The molecule has 6 rings (SSSR count). The number of nitrogens with one attached hydrogen (secondary N) is 2. The molecule has 0 unspecified atom stereocenters. The lowest BCUT2D eigenvalue weighted by molar-refractivity contribution is -0.122. The van der Waals surface area contributed by atoms with Crippen LogP contribution in [0.1, 0.15) is 56.1 Å². The summed E-state index contributed by atoms with van der Waals surface area (Å²) in [6, 6.07) is 17.0. The maximum atomic E-state index is 11.9. The first-order valence-corrected chi connectivity index (χ1v) is 14.6. The summed E-state index contributed by atoms with van der Waals surface area (Å²) in [6.07, 6.45) is 8.99. The molecule has 0 saturated heterocycles. The molecule has 2 aliphatic heterocycles. The Hall–Kier alpha value is -4.08. The molecular weight excluding hydrogens is 520 g/mol. The van der Waals surface area contributed by atoms with Crippen molar-refractivity contribution < 1.29 is 19.1 Å². The number of carbonyl (C=O) groups is 2. The fourth-order valence-electron chi connectivity index (χ4n) is 4.85. The van der Waals surface area contributed by atoms with E-state index in [2.05, 4.69) is 32.8 Å². The van der Waals surface area contributed by atoms with Crippen molar-refractivity contribution in [3.63, 3.8) is 0 Å². The molecule has 2 heterocycles. The van der Waals surface area contributed by atoms with E-state index in [0.29, 0.717) is 25.3 Å². The van der Waals surface area contributed by atoms with Crippen LogP contribution in [0.15, 0.2) is 58.5 Å². The van der Waals surface area contributed by atoms with E-state index in [-0.39, 0.29) is 35.7 Å². The Morgan fingerprint density at radius 2 is 1.10 bits per heavy atom. The lowest BCUT2D eigenvalue weighted by atomic mass is 9.85. The van der Waals surface area contributed by atoms with Gasteiger partial charge in [-0.15, -0.1) is 0 Å². The number of ether oxygens (including phenoxy) is 2. The first-order chi connectivity index (χ1) is 19.9. The molecule has 2 amide bonds. The van der Waals surface area contributed by atoms with Gasteiger partial charge in [0.05, 0.1) is 12.1 Å². The van der Waals surface area contributed by atoms with Crippen LogP contribution in [0.2, 0.25) is 0 Å². The Labute approximate surface area is 241 Å². The van der Waals surface area contributed by atoms with Gasteiger partial charge in [-0.3, -0.25) is 9.59 Å². The Balaban J connectivity index is 0.000000165. The molecule has 41 heavy (non-hydrogen) atoms. The van der Waals surface area contributed by atoms with Crippen LogP contribution < -0.4 is 22.1 Å². The first kappa shape index (κ1) is 28.4. The number of nitrogens with zero attached hydrogens (tertiary/aromatic N) is 2. The summed E-state index contributed by atoms with van der Waals surface area (Å²) in [6.45, 7) is 1.17. The van der Waals surface area contributed by atoms with E-state index < -0.39 is 0 Å². The van der Waals surface area contributed by atoms with E-state index >= 15 is 0 Å². The molecule has 2 saturated carbocycles. The number of aliphatic imine (C=N–C) groups is 2. The summed E-state index contributed by atoms with van der Waals surface area (Å²) in [5.41, 5.74) is 15.2. The predicted molar refractivity (Wildman–Crippen MR) is 160 cm³/mol. The highest BCUT2D eigenvalue weighted by molar-refractivity contribution is 5.94. The minimum Gasteiger partial charge on any atom is -0.463 e. The number of hydrogen-bond acceptors (Lipinski definition) is 8. The SMILES string of the molecule is NC1=N[C@@H](CCc2ccc(NC(=O)C3CC3)cc2)CO1.NC1=N[C@@H](CCc2ccc(NC(=O)C3CCC3)cc2)CO1. The average Bonchev–Trinajstić information content (AvgIpc) is 3.59. The topological polar surface area (TPSA) is 153 Å². The van der Waals surface area contributed by atoms with Crippen molar-refractivity contribution in [2.24, 2.45) is 33.3 Å². The highest BCUT2D eigenvalue weighted by Crippen LogP contribution is 2.30. The van der Waals surface area contributed by atoms with Gasteiger partial charge in [0.2, 0.25) is 11.8 Å². The fourth-order valence-corrected chi connectivity index (χ4v) is 4.85. The standard InChI is InChI=1S/C16H21N3O2.C15H19N3O2/c17-16-19-14(10-21-16)9-6-11-4-7-13(8-5-11)18-15(20)12-2-1-3-12;16-15-18-13(9-20-15)8-3-10-1-6-12(7-2-10)17-14(19)11-4-5-11/h4-5,7-8,12,14H,1-3,6,9-10H2,(H2,17,19)(H,18,20);1-2,6-7,11,13H,3-5,8-9H2,(H2,16,18)(H,17,19)/t14-;13-/m00/s1. The molecule has 6 N–H and O–H groups in total. The zero-order valence-corrected chi connectivity index (χ0v) is 23.4. The third-order valence-corrected chi connectivity index (χ3v) is 7.87. The van der Waals surface area contributed by atoms with Gasteiger partial charge in [-0.05, 0) is 86.8 Å². The smallest absolute Gasteiger partial charge is 0.282 e. The second-order valence-corrected chi connectivity index (χ2v) is 11.2. The van der Waals surface area contributed by atoms with E-state index in [1.165, 1.54) is 17.5 Å². The number of hydrogen-bond donors (Lipinski definition) is 4. The minimum atomic E-state index is 0.144. The van der Waals surface area contributed by atoms with Gasteiger partial charge >= 0.3 is 0 Å². The van der Waals surface area contributed by atoms with Crippen molar-refractivity contribution in [2.75, 3.05) is 23.8 Å². The maximum absolute atomic E-state index is 11.9. The number of rotatable bonds is 10. The Kier molecular flexibility index (Phi) is 9.38. The second kappa shape index (κ2) is 13.5. The molecule has 2 aromatic carbocycles. The van der Waals surface area contributed by atoms with Gasteiger partial charge in [0, 0.05) is 23.2 Å². The number of amides is 2. The second-order valence-electron chi connectivity index (χ2n) is 11.2. The summed E-state index contributed by atoms with van der Waals surface area (Å²) in [5, 5.41) is 5.91. The average molecular weight is 561 g/mol. The summed E-state index contributed by atoms with van der Waals surface area (Å²) < 4.78 is 10.3. The lowest BCUT2D eigenvalue weighted by Gasteiger charge is -2.24. The Bertz CT molecular complexity index is 1250. The molecule has 10 heteroatoms. The number of carbonyl (C=O) groups excluding carboxylic acids is 2. The third kappa shape index (κ3) is 8.70. The summed E-state index contributed by atoms with van der Waals surface area (Å²) >= 11 is 0. The van der Waals surface area contributed by atoms with E-state index in [0.717, 1.165) is 62.7 Å². The molecule has 10 nitrogen and oxygen atoms in total. The molecule has 0 bridgehead atoms. The van der Waals surface area contributed by atoms with Crippen molar-refractivity contribution in [1.29, 1.82) is 0 Å². The van der Waals surface area contributed by atoms with Crippen LogP contribution in [0.4, 0.5) is 11.4 Å². The summed E-state index contributed by atoms with van der Waals surface area (Å²) in [7, 11) is 0. The zero-order valence-electron chi connectivity index (χ0n) is 23.4. The van der Waals surface area contributed by atoms with Crippen molar-refractivity contribution in [2.45, 2.75) is 69.9 Å². The van der Waals surface area contributed by atoms with E-state index in [1.54, 1.807) is 0 Å². The lowest BCUT2D eigenvalue weighted by Crippen LogP contribution is -2.27. The summed E-state index contributed by atoms with van der Waals surface area (Å²) in [5.74, 6) is 0.753. The van der Waals surface area contributed by atoms with Gasteiger partial charge in [0.15, 0.2) is 0 Å². The fraction of sp³-hybridized carbons (Fsp3) is 0.484. The predicted octanol–water partition coefficient (Wildman–Crippen LogP) is 3.75. The molecule has 2 atom stereocenters. The molecule has 2 aliphatic carbocycles. The van der Waals surface area contributed by atoms with Crippen molar-refractivity contribution >= 4 is 35.2 Å². The molecular formula is C31H40N6O4. The van der Waals surface area contributed by atoms with E-state index in [9.17, 15) is 9.59 Å². The first-order valence-electron chi connectivity index (χ1n) is 14.6. The van der Waals surface area contributed by atoms with E-state index in [4.69, 9.17) is 20.9 Å². The number of benzene rings is 2. The molecule has 0 spiro atoms. The quantitative estimate of drug-likeness (QED) is 0.347. The molecule has 218 valence electrons. The highest BCUT2D eigenvalue weighted by Gasteiger charge is 2.29. The third-order valence-electron chi connectivity index (χ3n) is 7.87. The monoisotopic (exact) mass is 560 g/mol. The zero-order chi connectivity index (χ0) is 28.6. The van der Waals surface area contributed by atoms with E-state index in [1.807, 2.05) is 36.4 Å². The maximum Gasteiger partial charge on any atom is 0.282 e. The Morgan fingerprint density at radius 1 is 0.683 bits per heavy atom. The molecule has 2 aromatic rings. The van der Waals surface area contributed by atoms with Crippen LogP contribution in [-0.2, 0) is 31.9 Å². The van der Waals surface area contributed by atoms with Gasteiger partial charge in [0.25, 0.3) is 12.0 Å². The van der Waals surface area contributed by atoms with Crippen LogP contribution in [-0.4, -0.2) is 49.2 Å². The van der Waals surface area contributed by atoms with Gasteiger partial charge in [-0.2, -0.15) is 0 Å². The van der Waals surface area contributed by atoms with Crippen LogP contribution in [0.5, 0.6) is 0 Å². The highest BCUT2D eigenvalue weighted by atomic mass is 16.5. The number of aryl methyl sites for hydroxylation is 2. The minimum absolute atomic E-state index is 0.144. The molecule has 0 radical (unpaired) electrons. The van der Waals surface area contributed by atoms with Crippen LogP contribution >= 0.6 is 0 Å².